The summed E-state index contributed by atoms with van der Waals surface area (Å²) >= 11 is 0. The van der Waals surface area contributed by atoms with E-state index in [2.05, 4.69) is 10.6 Å². The SMILES string of the molecule is C[C@H]1Oc2ccc(NC(=O)COc3ccccc3)cc2NC1=O. The number of hydrogen-bond donors (Lipinski definition) is 2. The van der Waals surface area contributed by atoms with Crippen LogP contribution < -0.4 is 20.1 Å². The molecule has 0 unspecified atom stereocenters. The summed E-state index contributed by atoms with van der Waals surface area (Å²) in [4.78, 5) is 23.5. The molecule has 2 N–H and O–H groups in total. The van der Waals surface area contributed by atoms with E-state index in [1.54, 1.807) is 37.3 Å². The summed E-state index contributed by atoms with van der Waals surface area (Å²) in [5, 5.41) is 5.45. The summed E-state index contributed by atoms with van der Waals surface area (Å²) in [5.74, 6) is 0.706. The Hall–Kier alpha value is -3.02. The predicted molar refractivity (Wildman–Crippen MR) is 85.7 cm³/mol. The van der Waals surface area contributed by atoms with Gasteiger partial charge in [-0.05, 0) is 37.3 Å². The van der Waals surface area contributed by atoms with Gasteiger partial charge in [-0.3, -0.25) is 9.59 Å². The number of carbonyl (C=O) groups is 2. The summed E-state index contributed by atoms with van der Waals surface area (Å²) in [7, 11) is 0. The molecule has 0 saturated carbocycles. The van der Waals surface area contributed by atoms with Crippen LogP contribution in [0.25, 0.3) is 0 Å². The third-order valence-electron chi connectivity index (χ3n) is 3.31. The summed E-state index contributed by atoms with van der Waals surface area (Å²) in [6.45, 7) is 1.58. The second kappa shape index (κ2) is 6.39. The highest BCUT2D eigenvalue weighted by molar-refractivity contribution is 5.99. The minimum absolute atomic E-state index is 0.0962. The van der Waals surface area contributed by atoms with Crippen LogP contribution in [-0.4, -0.2) is 24.5 Å². The van der Waals surface area contributed by atoms with Gasteiger partial charge >= 0.3 is 0 Å². The Morgan fingerprint density at radius 2 is 2.04 bits per heavy atom. The monoisotopic (exact) mass is 312 g/mol. The van der Waals surface area contributed by atoms with Crippen molar-refractivity contribution in [1.29, 1.82) is 0 Å². The molecule has 0 bridgehead atoms. The molecule has 1 aliphatic heterocycles. The van der Waals surface area contributed by atoms with Crippen molar-refractivity contribution in [2.24, 2.45) is 0 Å². The largest absolute Gasteiger partial charge is 0.484 e. The summed E-state index contributed by atoms with van der Waals surface area (Å²) in [6.07, 6.45) is -0.526. The first-order chi connectivity index (χ1) is 11.1. The van der Waals surface area contributed by atoms with Crippen LogP contribution in [0, 0.1) is 0 Å². The van der Waals surface area contributed by atoms with Crippen LogP contribution >= 0.6 is 0 Å². The molecular formula is C17H16N2O4. The van der Waals surface area contributed by atoms with E-state index in [0.29, 0.717) is 22.9 Å². The molecule has 2 aromatic rings. The zero-order chi connectivity index (χ0) is 16.2. The van der Waals surface area contributed by atoms with Crippen LogP contribution in [0.15, 0.2) is 48.5 Å². The van der Waals surface area contributed by atoms with Gasteiger partial charge in [0.15, 0.2) is 12.7 Å². The van der Waals surface area contributed by atoms with Gasteiger partial charge in [-0.15, -0.1) is 0 Å². The number of rotatable bonds is 4. The number of nitrogens with one attached hydrogen (secondary N) is 2. The minimum Gasteiger partial charge on any atom is -0.484 e. The zero-order valence-electron chi connectivity index (χ0n) is 12.5. The van der Waals surface area contributed by atoms with Crippen LogP contribution in [0.4, 0.5) is 11.4 Å². The number of amides is 2. The fraction of sp³-hybridized carbons (Fsp3) is 0.176. The van der Waals surface area contributed by atoms with Gasteiger partial charge in [0.2, 0.25) is 0 Å². The Kier molecular flexibility index (Phi) is 4.14. The molecular weight excluding hydrogens is 296 g/mol. The fourth-order valence-electron chi connectivity index (χ4n) is 2.15. The Morgan fingerprint density at radius 1 is 1.26 bits per heavy atom. The van der Waals surface area contributed by atoms with Gasteiger partial charge in [-0.2, -0.15) is 0 Å². The van der Waals surface area contributed by atoms with Crippen LogP contribution in [0.5, 0.6) is 11.5 Å². The fourth-order valence-corrected chi connectivity index (χ4v) is 2.15. The minimum atomic E-state index is -0.526. The van der Waals surface area contributed by atoms with Crippen LogP contribution in [0.2, 0.25) is 0 Å². The quantitative estimate of drug-likeness (QED) is 0.909. The highest BCUT2D eigenvalue weighted by Crippen LogP contribution is 2.32. The van der Waals surface area contributed by atoms with Crippen LogP contribution in [0.3, 0.4) is 0 Å². The van der Waals surface area contributed by atoms with Crippen LogP contribution in [0.1, 0.15) is 6.92 Å². The molecule has 1 aliphatic rings. The van der Waals surface area contributed by atoms with Crippen molar-refractivity contribution in [1.82, 2.24) is 0 Å². The molecule has 0 fully saturated rings. The number of ether oxygens (including phenoxy) is 2. The van der Waals surface area contributed by atoms with Crippen molar-refractivity contribution in [3.8, 4) is 11.5 Å². The van der Waals surface area contributed by atoms with Crippen molar-refractivity contribution < 1.29 is 19.1 Å². The van der Waals surface area contributed by atoms with Crippen molar-refractivity contribution in [3.63, 3.8) is 0 Å². The Labute approximate surface area is 133 Å². The van der Waals surface area contributed by atoms with E-state index in [1.807, 2.05) is 18.2 Å². The number of anilines is 2. The number of carbonyl (C=O) groups excluding carboxylic acids is 2. The molecule has 0 spiro atoms. The lowest BCUT2D eigenvalue weighted by Crippen LogP contribution is -2.34. The first-order valence-electron chi connectivity index (χ1n) is 7.21. The third-order valence-corrected chi connectivity index (χ3v) is 3.31. The first-order valence-corrected chi connectivity index (χ1v) is 7.21. The van der Waals surface area contributed by atoms with Crippen LogP contribution in [-0.2, 0) is 9.59 Å². The standard InChI is InChI=1S/C17H16N2O4/c1-11-17(21)19-14-9-12(7-8-15(14)23-11)18-16(20)10-22-13-5-3-2-4-6-13/h2-9,11H,10H2,1H3,(H,18,20)(H,19,21)/t11-/m1/s1. The third kappa shape index (κ3) is 3.60. The molecule has 0 aliphatic carbocycles. The summed E-state index contributed by atoms with van der Waals surface area (Å²) < 4.78 is 10.8. The maximum absolute atomic E-state index is 11.9. The number of benzene rings is 2. The second-order valence-electron chi connectivity index (χ2n) is 5.11. The maximum Gasteiger partial charge on any atom is 0.265 e. The predicted octanol–water partition coefficient (Wildman–Crippen LogP) is 2.42. The normalized spacial score (nSPS) is 15.9. The molecule has 2 aromatic carbocycles. The summed E-state index contributed by atoms with van der Waals surface area (Å²) in [6, 6.07) is 14.2. The average Bonchev–Trinajstić information content (AvgIpc) is 2.55. The highest BCUT2D eigenvalue weighted by atomic mass is 16.5. The van der Waals surface area contributed by atoms with E-state index in [1.165, 1.54) is 0 Å². The van der Waals surface area contributed by atoms with Gasteiger partial charge in [-0.25, -0.2) is 0 Å². The zero-order valence-corrected chi connectivity index (χ0v) is 12.5. The molecule has 6 nitrogen and oxygen atoms in total. The maximum atomic E-state index is 11.9. The van der Waals surface area contributed by atoms with E-state index in [4.69, 9.17) is 9.47 Å². The molecule has 118 valence electrons. The average molecular weight is 312 g/mol. The van der Waals surface area contributed by atoms with E-state index < -0.39 is 6.10 Å². The lowest BCUT2D eigenvalue weighted by Gasteiger charge is -2.23. The molecule has 0 aromatic heterocycles. The Bertz CT molecular complexity index is 731. The lowest BCUT2D eigenvalue weighted by molar-refractivity contribution is -0.122. The second-order valence-corrected chi connectivity index (χ2v) is 5.11. The number of hydrogen-bond acceptors (Lipinski definition) is 4. The lowest BCUT2D eigenvalue weighted by atomic mass is 10.2. The van der Waals surface area contributed by atoms with Crippen molar-refractivity contribution >= 4 is 23.2 Å². The smallest absolute Gasteiger partial charge is 0.265 e. The topological polar surface area (TPSA) is 76.7 Å². The number of fused-ring (bicyclic) bond motifs is 1. The Balaban J connectivity index is 1.61. The molecule has 23 heavy (non-hydrogen) atoms. The van der Waals surface area contributed by atoms with Crippen molar-refractivity contribution in [2.75, 3.05) is 17.2 Å². The molecule has 2 amide bonds. The molecule has 6 heteroatoms. The van der Waals surface area contributed by atoms with E-state index in [9.17, 15) is 9.59 Å². The molecule has 1 atom stereocenters. The number of para-hydroxylation sites is 1. The summed E-state index contributed by atoms with van der Waals surface area (Å²) in [5.41, 5.74) is 1.10. The first kappa shape index (κ1) is 14.9. The Morgan fingerprint density at radius 3 is 2.83 bits per heavy atom. The molecule has 3 rings (SSSR count). The van der Waals surface area contributed by atoms with Crippen molar-refractivity contribution in [2.45, 2.75) is 13.0 Å². The van der Waals surface area contributed by atoms with E-state index >= 15 is 0 Å². The molecule has 0 radical (unpaired) electrons. The van der Waals surface area contributed by atoms with Gasteiger partial charge in [0.05, 0.1) is 5.69 Å². The van der Waals surface area contributed by atoms with Gasteiger partial charge in [0, 0.05) is 5.69 Å². The van der Waals surface area contributed by atoms with Gasteiger partial charge < -0.3 is 20.1 Å². The highest BCUT2D eigenvalue weighted by Gasteiger charge is 2.23. The van der Waals surface area contributed by atoms with Gasteiger partial charge in [0.1, 0.15) is 11.5 Å². The van der Waals surface area contributed by atoms with E-state index in [0.717, 1.165) is 0 Å². The molecule has 0 saturated heterocycles. The van der Waals surface area contributed by atoms with Gasteiger partial charge in [0.25, 0.3) is 11.8 Å². The van der Waals surface area contributed by atoms with E-state index in [-0.39, 0.29) is 18.4 Å². The van der Waals surface area contributed by atoms with Gasteiger partial charge in [-0.1, -0.05) is 18.2 Å². The van der Waals surface area contributed by atoms with Crippen molar-refractivity contribution in [3.05, 3.63) is 48.5 Å². The molecule has 1 heterocycles.